The summed E-state index contributed by atoms with van der Waals surface area (Å²) in [7, 11) is 1.56. The summed E-state index contributed by atoms with van der Waals surface area (Å²) in [5, 5.41) is 12.1. The van der Waals surface area contributed by atoms with Gasteiger partial charge in [-0.15, -0.1) is 0 Å². The van der Waals surface area contributed by atoms with Crippen LogP contribution in [0, 0.1) is 13.8 Å². The number of pyridine rings is 1. The van der Waals surface area contributed by atoms with Crippen molar-refractivity contribution in [2.45, 2.75) is 13.8 Å². The fourth-order valence-electron chi connectivity index (χ4n) is 3.35. The largest absolute Gasteiger partial charge is 0.497 e. The summed E-state index contributed by atoms with van der Waals surface area (Å²) < 4.78 is 6.61. The molecule has 5 heteroatoms. The van der Waals surface area contributed by atoms with Crippen molar-refractivity contribution in [1.82, 2.24) is 4.57 Å². The lowest BCUT2D eigenvalue weighted by Crippen LogP contribution is -2.20. The highest BCUT2D eigenvalue weighted by Crippen LogP contribution is 2.29. The second-order valence-electron chi connectivity index (χ2n) is 7.22. The highest BCUT2D eigenvalue weighted by Gasteiger charge is 2.17. The zero-order chi connectivity index (χ0) is 21.3. The Balaban J connectivity index is 1.98. The Morgan fingerprint density at radius 2 is 1.53 bits per heavy atom. The Morgan fingerprint density at radius 3 is 2.17 bits per heavy atom. The maximum atomic E-state index is 13.3. The first-order valence-electron chi connectivity index (χ1n) is 9.61. The van der Waals surface area contributed by atoms with Gasteiger partial charge in [-0.1, -0.05) is 35.4 Å². The van der Waals surface area contributed by atoms with Crippen molar-refractivity contribution in [3.05, 3.63) is 93.8 Å². The number of aromatic hydroxyl groups is 1. The van der Waals surface area contributed by atoms with E-state index in [1.807, 2.05) is 62.4 Å². The van der Waals surface area contributed by atoms with Crippen LogP contribution in [0.4, 0.5) is 5.69 Å². The Labute approximate surface area is 174 Å². The Kier molecular flexibility index (Phi) is 5.11. The number of rotatable bonds is 4. The summed E-state index contributed by atoms with van der Waals surface area (Å²) in [5.74, 6) is 0.416. The minimum Gasteiger partial charge on any atom is -0.497 e. The SMILES string of the molecule is COc1ccc2c(C=Nc3ccc(C)cc3)c(O)n(-c3ccc(C)cc3)c(=O)c2c1. The lowest BCUT2D eigenvalue weighted by Gasteiger charge is -2.14. The van der Waals surface area contributed by atoms with Gasteiger partial charge in [0.15, 0.2) is 0 Å². The van der Waals surface area contributed by atoms with E-state index in [0.717, 1.165) is 16.8 Å². The van der Waals surface area contributed by atoms with Crippen LogP contribution in [0.1, 0.15) is 16.7 Å². The first-order chi connectivity index (χ1) is 14.5. The van der Waals surface area contributed by atoms with Crippen molar-refractivity contribution in [1.29, 1.82) is 0 Å². The molecule has 30 heavy (non-hydrogen) atoms. The van der Waals surface area contributed by atoms with Crippen molar-refractivity contribution in [2.75, 3.05) is 7.11 Å². The summed E-state index contributed by atoms with van der Waals surface area (Å²) in [5.41, 5.74) is 3.69. The summed E-state index contributed by atoms with van der Waals surface area (Å²) in [6.45, 7) is 3.98. The quantitative estimate of drug-likeness (QED) is 0.488. The number of benzene rings is 3. The van der Waals surface area contributed by atoms with Crippen LogP contribution >= 0.6 is 0 Å². The van der Waals surface area contributed by atoms with Gasteiger partial charge in [-0.3, -0.25) is 9.79 Å². The zero-order valence-electron chi connectivity index (χ0n) is 17.1. The number of hydrogen-bond donors (Lipinski definition) is 1. The summed E-state index contributed by atoms with van der Waals surface area (Å²) >= 11 is 0. The Bertz CT molecular complexity index is 1300. The van der Waals surface area contributed by atoms with E-state index in [1.54, 1.807) is 31.5 Å². The molecule has 0 aliphatic carbocycles. The van der Waals surface area contributed by atoms with E-state index in [-0.39, 0.29) is 11.4 Å². The lowest BCUT2D eigenvalue weighted by atomic mass is 10.1. The average Bonchev–Trinajstić information content (AvgIpc) is 2.76. The summed E-state index contributed by atoms with van der Waals surface area (Å²) in [6, 6.07) is 20.4. The summed E-state index contributed by atoms with van der Waals surface area (Å²) in [6.07, 6.45) is 1.60. The molecule has 1 N–H and O–H groups in total. The number of fused-ring (bicyclic) bond motifs is 1. The van der Waals surface area contributed by atoms with E-state index < -0.39 is 0 Å². The van der Waals surface area contributed by atoms with Crippen molar-refractivity contribution in [2.24, 2.45) is 4.99 Å². The predicted octanol–water partition coefficient (Wildman–Crippen LogP) is 5.07. The molecule has 0 fully saturated rings. The molecular weight excluding hydrogens is 376 g/mol. The molecular formula is C25H22N2O3. The van der Waals surface area contributed by atoms with Crippen LogP contribution in [0.3, 0.4) is 0 Å². The molecule has 0 spiro atoms. The molecule has 0 atom stereocenters. The predicted molar refractivity (Wildman–Crippen MR) is 121 cm³/mol. The second-order valence-corrected chi connectivity index (χ2v) is 7.22. The van der Waals surface area contributed by atoms with Crippen LogP contribution in [0.5, 0.6) is 11.6 Å². The highest BCUT2D eigenvalue weighted by molar-refractivity contribution is 6.02. The van der Waals surface area contributed by atoms with Gasteiger partial charge < -0.3 is 9.84 Å². The molecule has 3 aromatic carbocycles. The molecule has 0 bridgehead atoms. The van der Waals surface area contributed by atoms with Crippen molar-refractivity contribution >= 4 is 22.7 Å². The van der Waals surface area contributed by atoms with Crippen LogP contribution in [-0.2, 0) is 0 Å². The number of nitrogens with zero attached hydrogens (tertiary/aromatic N) is 2. The topological polar surface area (TPSA) is 63.8 Å². The van der Waals surface area contributed by atoms with Gasteiger partial charge >= 0.3 is 0 Å². The van der Waals surface area contributed by atoms with Crippen LogP contribution in [0.25, 0.3) is 16.5 Å². The first-order valence-corrected chi connectivity index (χ1v) is 9.61. The maximum absolute atomic E-state index is 13.3. The lowest BCUT2D eigenvalue weighted by molar-refractivity contribution is 0.415. The van der Waals surface area contributed by atoms with Crippen LogP contribution < -0.4 is 10.3 Å². The summed E-state index contributed by atoms with van der Waals surface area (Å²) in [4.78, 5) is 17.8. The smallest absolute Gasteiger partial charge is 0.265 e. The molecule has 4 rings (SSSR count). The maximum Gasteiger partial charge on any atom is 0.265 e. The monoisotopic (exact) mass is 398 g/mol. The number of aryl methyl sites for hydroxylation is 2. The van der Waals surface area contributed by atoms with E-state index in [2.05, 4.69) is 4.99 Å². The third-order valence-electron chi connectivity index (χ3n) is 5.07. The standard InChI is InChI=1S/C25H22N2O3/c1-16-4-8-18(9-5-16)26-15-23-21-13-12-20(30-3)14-22(21)24(28)27(25(23)29)19-10-6-17(2)7-11-19/h4-15,29H,1-3H3. The molecule has 0 aliphatic rings. The number of methoxy groups -OCH3 is 1. The molecule has 1 heterocycles. The fraction of sp³-hybridized carbons (Fsp3) is 0.120. The van der Waals surface area contributed by atoms with Gasteiger partial charge in [-0.05, 0) is 56.3 Å². The Morgan fingerprint density at radius 1 is 0.900 bits per heavy atom. The van der Waals surface area contributed by atoms with Gasteiger partial charge in [0.1, 0.15) is 5.75 Å². The molecule has 0 amide bonds. The minimum atomic E-state index is -0.322. The van der Waals surface area contributed by atoms with Gasteiger partial charge in [0, 0.05) is 11.6 Å². The van der Waals surface area contributed by atoms with Crippen molar-refractivity contribution < 1.29 is 9.84 Å². The number of hydrogen-bond acceptors (Lipinski definition) is 4. The van der Waals surface area contributed by atoms with E-state index >= 15 is 0 Å². The molecule has 1 aromatic heterocycles. The molecule has 0 unspecified atom stereocenters. The number of aliphatic imine (C=N–C) groups is 1. The highest BCUT2D eigenvalue weighted by atomic mass is 16.5. The van der Waals surface area contributed by atoms with E-state index in [4.69, 9.17) is 4.74 Å². The first kappa shape index (κ1) is 19.5. The fourth-order valence-corrected chi connectivity index (χ4v) is 3.35. The molecule has 0 aliphatic heterocycles. The minimum absolute atomic E-state index is 0.155. The molecule has 5 nitrogen and oxygen atoms in total. The van der Waals surface area contributed by atoms with Crippen molar-refractivity contribution in [3.63, 3.8) is 0 Å². The van der Waals surface area contributed by atoms with E-state index in [0.29, 0.717) is 27.8 Å². The number of ether oxygens (including phenoxy) is 1. The van der Waals surface area contributed by atoms with E-state index in [1.165, 1.54) is 4.57 Å². The van der Waals surface area contributed by atoms with E-state index in [9.17, 15) is 9.90 Å². The average molecular weight is 398 g/mol. The van der Waals surface area contributed by atoms with Gasteiger partial charge in [-0.25, -0.2) is 4.57 Å². The zero-order valence-corrected chi connectivity index (χ0v) is 17.1. The molecule has 4 aromatic rings. The van der Waals surface area contributed by atoms with Crippen molar-refractivity contribution in [3.8, 4) is 17.3 Å². The Hall–Kier alpha value is -3.86. The van der Waals surface area contributed by atoms with Gasteiger partial charge in [0.05, 0.1) is 29.4 Å². The molecule has 0 saturated carbocycles. The molecule has 0 saturated heterocycles. The van der Waals surface area contributed by atoms with Gasteiger partial charge in [0.2, 0.25) is 5.88 Å². The van der Waals surface area contributed by atoms with Gasteiger partial charge in [0.25, 0.3) is 5.56 Å². The van der Waals surface area contributed by atoms with Crippen LogP contribution in [-0.4, -0.2) is 23.0 Å². The molecule has 150 valence electrons. The van der Waals surface area contributed by atoms with Gasteiger partial charge in [-0.2, -0.15) is 0 Å². The third kappa shape index (κ3) is 3.57. The number of aromatic nitrogens is 1. The normalized spacial score (nSPS) is 11.3. The van der Waals surface area contributed by atoms with Crippen LogP contribution in [0.15, 0.2) is 76.5 Å². The molecule has 0 radical (unpaired) electrons. The third-order valence-corrected chi connectivity index (χ3v) is 5.07. The second kappa shape index (κ2) is 7.87. The van der Waals surface area contributed by atoms with Crippen LogP contribution in [0.2, 0.25) is 0 Å².